The van der Waals surface area contributed by atoms with Crippen LogP contribution >= 0.6 is 11.6 Å². The highest BCUT2D eigenvalue weighted by Gasteiger charge is 2.32. The second-order valence-corrected chi connectivity index (χ2v) is 10.6. The monoisotopic (exact) mass is 507 g/mol. The summed E-state index contributed by atoms with van der Waals surface area (Å²) in [6.07, 6.45) is 3.20. The van der Waals surface area contributed by atoms with Crippen LogP contribution in [0.4, 0.5) is 5.69 Å². The largest absolute Gasteiger partial charge is 0.354 e. The zero-order valence-electron chi connectivity index (χ0n) is 20.3. The van der Waals surface area contributed by atoms with Gasteiger partial charge in [0, 0.05) is 18.1 Å². The first-order valence-electron chi connectivity index (χ1n) is 11.4. The Morgan fingerprint density at radius 3 is 2.29 bits per heavy atom. The number of sulfonamides is 1. The van der Waals surface area contributed by atoms with Gasteiger partial charge >= 0.3 is 0 Å². The number of hydrogen-bond donors (Lipinski definition) is 1. The molecule has 34 heavy (non-hydrogen) atoms. The molecule has 0 saturated heterocycles. The van der Waals surface area contributed by atoms with E-state index in [9.17, 15) is 18.0 Å². The number of nitrogens with one attached hydrogen (secondary N) is 1. The molecule has 2 aromatic rings. The van der Waals surface area contributed by atoms with Crippen molar-refractivity contribution in [1.82, 2.24) is 10.2 Å². The summed E-state index contributed by atoms with van der Waals surface area (Å²) in [5.41, 5.74) is 1.83. The van der Waals surface area contributed by atoms with E-state index in [1.165, 1.54) is 4.90 Å². The number of hydrogen-bond acceptors (Lipinski definition) is 4. The van der Waals surface area contributed by atoms with E-state index in [0.29, 0.717) is 29.2 Å². The lowest BCUT2D eigenvalue weighted by Crippen LogP contribution is -2.52. The van der Waals surface area contributed by atoms with Gasteiger partial charge in [-0.25, -0.2) is 8.42 Å². The Kier molecular flexibility index (Phi) is 10.4. The Bertz CT molecular complexity index is 1090. The minimum Gasteiger partial charge on any atom is -0.354 e. The third-order valence-corrected chi connectivity index (χ3v) is 7.07. The molecule has 1 N–H and O–H groups in total. The molecule has 2 aromatic carbocycles. The molecule has 9 heteroatoms. The number of anilines is 1. The summed E-state index contributed by atoms with van der Waals surface area (Å²) in [5, 5.41) is 3.37. The summed E-state index contributed by atoms with van der Waals surface area (Å²) in [7, 11) is -3.76. The first kappa shape index (κ1) is 27.7. The van der Waals surface area contributed by atoms with Crippen molar-refractivity contribution in [2.24, 2.45) is 0 Å². The number of para-hydroxylation sites is 1. The van der Waals surface area contributed by atoms with Gasteiger partial charge in [-0.1, -0.05) is 68.3 Å². The predicted octanol–water partition coefficient (Wildman–Crippen LogP) is 4.14. The van der Waals surface area contributed by atoms with Gasteiger partial charge in [0.25, 0.3) is 0 Å². The van der Waals surface area contributed by atoms with E-state index in [-0.39, 0.29) is 12.5 Å². The van der Waals surface area contributed by atoms with Crippen molar-refractivity contribution < 1.29 is 18.0 Å². The minimum atomic E-state index is -3.76. The lowest BCUT2D eigenvalue weighted by Gasteiger charge is -2.33. The van der Waals surface area contributed by atoms with Crippen LogP contribution in [-0.2, 0) is 26.2 Å². The number of halogens is 1. The van der Waals surface area contributed by atoms with E-state index < -0.39 is 28.5 Å². The molecule has 0 aromatic heterocycles. The maximum Gasteiger partial charge on any atom is 0.244 e. The van der Waals surface area contributed by atoms with Crippen molar-refractivity contribution in [3.63, 3.8) is 0 Å². The number of carbonyl (C=O) groups is 2. The topological polar surface area (TPSA) is 86.8 Å². The fraction of sp³-hybridized carbons (Fsp3) is 0.440. The molecule has 0 heterocycles. The lowest BCUT2D eigenvalue weighted by atomic mass is 10.1. The van der Waals surface area contributed by atoms with Crippen LogP contribution in [0.2, 0.25) is 5.02 Å². The van der Waals surface area contributed by atoms with Crippen molar-refractivity contribution in [3.8, 4) is 0 Å². The quantitative estimate of drug-likeness (QED) is 0.437. The molecule has 186 valence electrons. The minimum absolute atomic E-state index is 0.0869. The van der Waals surface area contributed by atoms with Crippen LogP contribution < -0.4 is 9.62 Å². The average molecular weight is 508 g/mol. The normalized spacial score (nSPS) is 12.1. The maximum atomic E-state index is 13.6. The number of unbranched alkanes of at least 4 members (excludes halogenated alkanes) is 1. The summed E-state index contributed by atoms with van der Waals surface area (Å²) in [6, 6.07) is 13.3. The highest BCUT2D eigenvalue weighted by atomic mass is 35.5. The molecule has 2 rings (SSSR count). The number of nitrogens with zero attached hydrogens (tertiary/aromatic N) is 2. The van der Waals surface area contributed by atoms with Gasteiger partial charge in [0.2, 0.25) is 21.8 Å². The smallest absolute Gasteiger partial charge is 0.244 e. The van der Waals surface area contributed by atoms with E-state index in [1.807, 2.05) is 19.9 Å². The number of rotatable bonds is 12. The molecule has 1 atom stereocenters. The van der Waals surface area contributed by atoms with Gasteiger partial charge in [-0.15, -0.1) is 0 Å². The van der Waals surface area contributed by atoms with Crippen LogP contribution in [0.15, 0.2) is 48.5 Å². The van der Waals surface area contributed by atoms with Gasteiger partial charge in [0.05, 0.1) is 11.9 Å². The van der Waals surface area contributed by atoms with Crippen molar-refractivity contribution in [2.75, 3.05) is 23.7 Å². The van der Waals surface area contributed by atoms with Gasteiger partial charge < -0.3 is 10.2 Å². The molecule has 0 bridgehead atoms. The Hall–Kier alpha value is -2.58. The van der Waals surface area contributed by atoms with Crippen molar-refractivity contribution >= 4 is 39.1 Å². The van der Waals surface area contributed by atoms with Crippen molar-refractivity contribution in [3.05, 3.63) is 64.7 Å². The molecular weight excluding hydrogens is 474 g/mol. The van der Waals surface area contributed by atoms with Crippen LogP contribution in [0.3, 0.4) is 0 Å². The maximum absolute atomic E-state index is 13.6. The SMILES string of the molecule is CCCCNC(=O)[C@@H](CC)N(Cc1ccccc1Cl)C(=O)CN(c1ccccc1C)S(C)(=O)=O. The Labute approximate surface area is 208 Å². The highest BCUT2D eigenvalue weighted by molar-refractivity contribution is 7.92. The second-order valence-electron chi connectivity index (χ2n) is 8.24. The zero-order valence-corrected chi connectivity index (χ0v) is 21.8. The van der Waals surface area contributed by atoms with Gasteiger partial charge in [-0.05, 0) is 43.0 Å². The van der Waals surface area contributed by atoms with E-state index in [0.717, 1.165) is 29.0 Å². The Morgan fingerprint density at radius 2 is 1.71 bits per heavy atom. The zero-order chi connectivity index (χ0) is 25.3. The van der Waals surface area contributed by atoms with E-state index in [1.54, 1.807) is 49.4 Å². The summed E-state index contributed by atoms with van der Waals surface area (Å²) >= 11 is 6.35. The number of amides is 2. The fourth-order valence-electron chi connectivity index (χ4n) is 3.67. The first-order valence-corrected chi connectivity index (χ1v) is 13.7. The number of benzene rings is 2. The van der Waals surface area contributed by atoms with Crippen molar-refractivity contribution in [2.45, 2.75) is 52.6 Å². The summed E-state index contributed by atoms with van der Waals surface area (Å²) in [4.78, 5) is 28.1. The molecule has 0 aliphatic heterocycles. The van der Waals surface area contributed by atoms with Crippen molar-refractivity contribution in [1.29, 1.82) is 0 Å². The van der Waals surface area contributed by atoms with Crippen LogP contribution in [0, 0.1) is 6.92 Å². The number of carbonyl (C=O) groups excluding carboxylic acids is 2. The van der Waals surface area contributed by atoms with E-state index >= 15 is 0 Å². The third-order valence-electron chi connectivity index (χ3n) is 5.58. The molecule has 0 aliphatic carbocycles. The van der Waals surface area contributed by atoms with Gasteiger partial charge in [-0.2, -0.15) is 0 Å². The fourth-order valence-corrected chi connectivity index (χ4v) is 4.78. The molecular formula is C25H34ClN3O4S. The summed E-state index contributed by atoms with van der Waals surface area (Å²) < 4.78 is 26.4. The van der Waals surface area contributed by atoms with E-state index in [2.05, 4.69) is 5.32 Å². The second kappa shape index (κ2) is 12.8. The molecule has 2 amide bonds. The third kappa shape index (κ3) is 7.46. The standard InChI is InChI=1S/C25H34ClN3O4S/c1-5-7-16-27-25(31)22(6-2)28(17-20-13-9-10-14-21(20)26)24(30)18-29(34(4,32)33)23-15-11-8-12-19(23)3/h8-15,22H,5-7,16-18H2,1-4H3,(H,27,31)/t22-/m1/s1. The van der Waals surface area contributed by atoms with Crippen LogP contribution in [0.25, 0.3) is 0 Å². The van der Waals surface area contributed by atoms with Crippen LogP contribution in [0.1, 0.15) is 44.2 Å². The molecule has 7 nitrogen and oxygen atoms in total. The van der Waals surface area contributed by atoms with E-state index in [4.69, 9.17) is 11.6 Å². The van der Waals surface area contributed by atoms with Gasteiger partial charge in [-0.3, -0.25) is 13.9 Å². The molecule has 0 spiro atoms. The summed E-state index contributed by atoms with van der Waals surface area (Å²) in [6.45, 7) is 5.82. The summed E-state index contributed by atoms with van der Waals surface area (Å²) in [5.74, 6) is -0.746. The molecule has 0 unspecified atom stereocenters. The van der Waals surface area contributed by atoms with Crippen LogP contribution in [-0.4, -0.2) is 50.5 Å². The Morgan fingerprint density at radius 1 is 1.06 bits per heavy atom. The Balaban J connectivity index is 2.43. The predicted molar refractivity (Wildman–Crippen MR) is 137 cm³/mol. The number of aryl methyl sites for hydroxylation is 1. The molecule has 0 saturated carbocycles. The molecule has 0 radical (unpaired) electrons. The van der Waals surface area contributed by atoms with Gasteiger partial charge in [0.15, 0.2) is 0 Å². The molecule has 0 fully saturated rings. The lowest BCUT2D eigenvalue weighted by molar-refractivity contribution is -0.140. The molecule has 0 aliphatic rings. The van der Waals surface area contributed by atoms with Crippen LogP contribution in [0.5, 0.6) is 0 Å². The highest BCUT2D eigenvalue weighted by Crippen LogP contribution is 2.24. The first-order chi connectivity index (χ1) is 16.1. The average Bonchev–Trinajstić information content (AvgIpc) is 2.78. The van der Waals surface area contributed by atoms with Gasteiger partial charge in [0.1, 0.15) is 12.6 Å².